The molecule has 0 aliphatic carbocycles. The molecular formula is C24H20FN5O2. The van der Waals surface area contributed by atoms with Crippen LogP contribution in [0.3, 0.4) is 0 Å². The first kappa shape index (κ1) is 19.7. The first-order chi connectivity index (χ1) is 15.7. The number of rotatable bonds is 4. The molecule has 0 spiro atoms. The van der Waals surface area contributed by atoms with Crippen LogP contribution in [0.5, 0.6) is 0 Å². The number of anilines is 1. The van der Waals surface area contributed by atoms with Gasteiger partial charge in [-0.15, -0.1) is 0 Å². The van der Waals surface area contributed by atoms with Crippen molar-refractivity contribution in [2.45, 2.75) is 13.2 Å². The normalized spacial score (nSPS) is 12.7. The van der Waals surface area contributed by atoms with Crippen molar-refractivity contribution in [3.63, 3.8) is 0 Å². The minimum Gasteiger partial charge on any atom is -0.443 e. The SMILES string of the molecule is O=C(OCc1ccccc1)N1CCn2nc(-c3ccc(F)cc3)c(-c3ccncc3)c2N1. The molecule has 0 saturated heterocycles. The van der Waals surface area contributed by atoms with E-state index in [0.29, 0.717) is 24.6 Å². The molecule has 5 rings (SSSR count). The highest BCUT2D eigenvalue weighted by Crippen LogP contribution is 2.39. The van der Waals surface area contributed by atoms with E-state index in [1.54, 1.807) is 24.5 Å². The van der Waals surface area contributed by atoms with E-state index in [4.69, 9.17) is 9.84 Å². The molecule has 7 nitrogen and oxygen atoms in total. The number of hydrazine groups is 1. The van der Waals surface area contributed by atoms with Crippen LogP contribution in [0.4, 0.5) is 15.0 Å². The van der Waals surface area contributed by atoms with Crippen molar-refractivity contribution in [2.24, 2.45) is 0 Å². The van der Waals surface area contributed by atoms with Crippen molar-refractivity contribution in [2.75, 3.05) is 12.0 Å². The third-order valence-electron chi connectivity index (χ3n) is 5.24. The predicted octanol–water partition coefficient (Wildman–Crippen LogP) is 4.73. The number of hydrogen-bond donors (Lipinski definition) is 1. The van der Waals surface area contributed by atoms with E-state index in [1.165, 1.54) is 17.1 Å². The number of amides is 1. The Hall–Kier alpha value is -4.20. The summed E-state index contributed by atoms with van der Waals surface area (Å²) in [6, 6.07) is 19.5. The second kappa shape index (κ2) is 8.50. The van der Waals surface area contributed by atoms with Gasteiger partial charge in [-0.05, 0) is 47.5 Å². The number of carbonyl (C=O) groups is 1. The lowest BCUT2D eigenvalue weighted by molar-refractivity contribution is 0.0998. The van der Waals surface area contributed by atoms with Gasteiger partial charge in [-0.1, -0.05) is 30.3 Å². The third-order valence-corrected chi connectivity index (χ3v) is 5.24. The summed E-state index contributed by atoms with van der Waals surface area (Å²) in [4.78, 5) is 16.8. The van der Waals surface area contributed by atoms with Crippen LogP contribution in [-0.4, -0.2) is 32.4 Å². The van der Waals surface area contributed by atoms with Crippen LogP contribution in [-0.2, 0) is 17.9 Å². The number of nitrogens with one attached hydrogen (secondary N) is 1. The second-order valence-electron chi connectivity index (χ2n) is 7.34. The highest BCUT2D eigenvalue weighted by Gasteiger charge is 2.28. The van der Waals surface area contributed by atoms with E-state index in [2.05, 4.69) is 10.4 Å². The fraction of sp³-hybridized carbons (Fsp3) is 0.125. The maximum absolute atomic E-state index is 13.5. The lowest BCUT2D eigenvalue weighted by Crippen LogP contribution is -2.43. The van der Waals surface area contributed by atoms with Gasteiger partial charge in [0, 0.05) is 18.0 Å². The molecule has 0 bridgehead atoms. The van der Waals surface area contributed by atoms with E-state index < -0.39 is 6.09 Å². The molecule has 3 heterocycles. The summed E-state index contributed by atoms with van der Waals surface area (Å²) in [5.74, 6) is 0.354. The zero-order chi connectivity index (χ0) is 21.9. The van der Waals surface area contributed by atoms with Gasteiger partial charge in [-0.3, -0.25) is 10.4 Å². The number of ether oxygens (including phenoxy) is 1. The number of halogens is 1. The van der Waals surface area contributed by atoms with Crippen molar-refractivity contribution in [3.05, 3.63) is 90.5 Å². The molecule has 0 radical (unpaired) electrons. The summed E-state index contributed by atoms with van der Waals surface area (Å²) in [5.41, 5.74) is 7.24. The number of benzene rings is 2. The molecule has 4 aromatic rings. The largest absolute Gasteiger partial charge is 0.443 e. The molecular weight excluding hydrogens is 409 g/mol. The molecule has 8 heteroatoms. The van der Waals surface area contributed by atoms with Crippen LogP contribution in [0, 0.1) is 5.82 Å². The number of aromatic nitrogens is 3. The van der Waals surface area contributed by atoms with Crippen molar-refractivity contribution in [1.82, 2.24) is 19.8 Å². The summed E-state index contributed by atoms with van der Waals surface area (Å²) in [5, 5.41) is 6.19. The average Bonchev–Trinajstić information content (AvgIpc) is 3.23. The first-order valence-electron chi connectivity index (χ1n) is 10.2. The van der Waals surface area contributed by atoms with Crippen LogP contribution in [0.1, 0.15) is 5.56 Å². The standard InChI is InChI=1S/C24H20FN5O2/c25-20-8-6-19(7-9-20)22-21(18-10-12-26-13-11-18)23-28-30(15-14-29(23)27-22)24(31)32-16-17-4-2-1-3-5-17/h1-13,28H,14-16H2. The smallest absolute Gasteiger partial charge is 0.429 e. The van der Waals surface area contributed by atoms with E-state index in [-0.39, 0.29) is 12.4 Å². The maximum atomic E-state index is 13.5. The number of carbonyl (C=O) groups excluding carboxylic acids is 1. The van der Waals surface area contributed by atoms with Gasteiger partial charge in [-0.2, -0.15) is 5.10 Å². The molecule has 1 N–H and O–H groups in total. The molecule has 32 heavy (non-hydrogen) atoms. The summed E-state index contributed by atoms with van der Waals surface area (Å²) >= 11 is 0. The van der Waals surface area contributed by atoms with Crippen LogP contribution in [0.15, 0.2) is 79.1 Å². The lowest BCUT2D eigenvalue weighted by Gasteiger charge is -2.29. The van der Waals surface area contributed by atoms with Crippen LogP contribution >= 0.6 is 0 Å². The molecule has 0 unspecified atom stereocenters. The Morgan fingerprint density at radius 3 is 2.47 bits per heavy atom. The first-order valence-corrected chi connectivity index (χ1v) is 10.2. The van der Waals surface area contributed by atoms with E-state index in [9.17, 15) is 9.18 Å². The Bertz CT molecular complexity index is 1230. The van der Waals surface area contributed by atoms with Gasteiger partial charge in [0.25, 0.3) is 0 Å². The Morgan fingerprint density at radius 1 is 0.969 bits per heavy atom. The minimum atomic E-state index is -0.467. The Labute approximate surface area is 184 Å². The van der Waals surface area contributed by atoms with Gasteiger partial charge in [0.05, 0.1) is 18.7 Å². The number of nitrogens with zero attached hydrogens (tertiary/aromatic N) is 4. The van der Waals surface area contributed by atoms with E-state index in [0.717, 1.165) is 22.3 Å². The average molecular weight is 429 g/mol. The number of hydrogen-bond acceptors (Lipinski definition) is 5. The molecule has 0 saturated carbocycles. The Balaban J connectivity index is 1.46. The van der Waals surface area contributed by atoms with Crippen LogP contribution < -0.4 is 5.43 Å². The molecule has 1 amide bonds. The van der Waals surface area contributed by atoms with E-state index >= 15 is 0 Å². The molecule has 0 fully saturated rings. The van der Waals surface area contributed by atoms with Crippen LogP contribution in [0.25, 0.3) is 22.4 Å². The maximum Gasteiger partial charge on any atom is 0.429 e. The fourth-order valence-electron chi connectivity index (χ4n) is 3.65. The quantitative estimate of drug-likeness (QED) is 0.508. The topological polar surface area (TPSA) is 72.3 Å². The van der Waals surface area contributed by atoms with Crippen molar-refractivity contribution in [3.8, 4) is 22.4 Å². The lowest BCUT2D eigenvalue weighted by atomic mass is 10.0. The van der Waals surface area contributed by atoms with Gasteiger partial charge in [0.15, 0.2) is 5.82 Å². The van der Waals surface area contributed by atoms with Crippen molar-refractivity contribution >= 4 is 11.9 Å². The van der Waals surface area contributed by atoms with Crippen molar-refractivity contribution in [1.29, 1.82) is 0 Å². The molecule has 1 aliphatic rings. The van der Waals surface area contributed by atoms with E-state index in [1.807, 2.05) is 47.1 Å². The molecule has 2 aromatic heterocycles. The third kappa shape index (κ3) is 3.90. The zero-order valence-corrected chi connectivity index (χ0v) is 17.1. The molecule has 2 aromatic carbocycles. The second-order valence-corrected chi connectivity index (χ2v) is 7.34. The van der Waals surface area contributed by atoms with Gasteiger partial charge >= 0.3 is 6.09 Å². The summed E-state index contributed by atoms with van der Waals surface area (Å²) in [6.07, 6.45) is 2.93. The zero-order valence-electron chi connectivity index (χ0n) is 17.1. The summed E-state index contributed by atoms with van der Waals surface area (Å²) in [7, 11) is 0. The Morgan fingerprint density at radius 2 is 1.72 bits per heavy atom. The van der Waals surface area contributed by atoms with Gasteiger partial charge in [-0.25, -0.2) is 18.9 Å². The monoisotopic (exact) mass is 429 g/mol. The molecule has 0 atom stereocenters. The highest BCUT2D eigenvalue weighted by atomic mass is 19.1. The summed E-state index contributed by atoms with van der Waals surface area (Å²) in [6.45, 7) is 1.07. The van der Waals surface area contributed by atoms with Crippen molar-refractivity contribution < 1.29 is 13.9 Å². The Kier molecular flexibility index (Phi) is 5.25. The van der Waals surface area contributed by atoms with Gasteiger partial charge in [0.1, 0.15) is 18.1 Å². The molecule has 160 valence electrons. The fourth-order valence-corrected chi connectivity index (χ4v) is 3.65. The summed E-state index contributed by atoms with van der Waals surface area (Å²) < 4.78 is 20.8. The number of fused-ring (bicyclic) bond motifs is 1. The minimum absolute atomic E-state index is 0.190. The predicted molar refractivity (Wildman–Crippen MR) is 118 cm³/mol. The van der Waals surface area contributed by atoms with Gasteiger partial charge < -0.3 is 4.74 Å². The number of pyridine rings is 1. The highest BCUT2D eigenvalue weighted by molar-refractivity contribution is 5.89. The van der Waals surface area contributed by atoms with Crippen LogP contribution in [0.2, 0.25) is 0 Å². The molecule has 1 aliphatic heterocycles. The van der Waals surface area contributed by atoms with Gasteiger partial charge in [0.2, 0.25) is 0 Å².